The lowest BCUT2D eigenvalue weighted by molar-refractivity contribution is -0.122. The molecule has 14 heteroatoms. The van der Waals surface area contributed by atoms with Gasteiger partial charge in [-0.25, -0.2) is 0 Å². The number of primary amides is 1. The number of Topliss-reactive ketones (excluding diaryl/α,β-unsaturated/α-hetero) is 2. The number of allylic oxidation sites excluding steroid dienone is 4. The first kappa shape index (κ1) is 88.9. The van der Waals surface area contributed by atoms with Crippen LogP contribution in [0.2, 0.25) is 5.02 Å². The Morgan fingerprint density at radius 2 is 1.33 bits per heavy atom. The van der Waals surface area contributed by atoms with Crippen molar-refractivity contribution in [2.24, 2.45) is 35.0 Å². The van der Waals surface area contributed by atoms with Crippen LogP contribution in [0.5, 0.6) is 5.75 Å². The molecule has 2 aliphatic rings. The number of nitrogens with zero attached hydrogens (tertiary/aromatic N) is 1. The Morgan fingerprint density at radius 3 is 1.82 bits per heavy atom. The first-order valence-electron chi connectivity index (χ1n) is 33.3. The number of ether oxygens (including phenoxy) is 2. The van der Waals surface area contributed by atoms with Crippen LogP contribution in [-0.4, -0.2) is 73.4 Å². The Hall–Kier alpha value is -4.48. The molecule has 4 rings (SSSR count). The Balaban J connectivity index is -0.000000506. The topological polar surface area (TPSA) is 202 Å². The third kappa shape index (κ3) is 47.2. The van der Waals surface area contributed by atoms with Gasteiger partial charge in [0.05, 0.1) is 22.9 Å². The van der Waals surface area contributed by atoms with Gasteiger partial charge in [-0.1, -0.05) is 182 Å². The van der Waals surface area contributed by atoms with Crippen molar-refractivity contribution in [3.05, 3.63) is 94.2 Å². The summed E-state index contributed by atoms with van der Waals surface area (Å²) in [6, 6.07) is 9.42. The van der Waals surface area contributed by atoms with Gasteiger partial charge in [-0.3, -0.25) is 24.1 Å². The van der Waals surface area contributed by atoms with Crippen LogP contribution < -0.4 is 27.2 Å². The number of hydrogen-bond acceptors (Lipinski definition) is 10. The lowest BCUT2D eigenvalue weighted by atomic mass is 9.97. The molecule has 5 unspecified atom stereocenters. The minimum Gasteiger partial charge on any atom is -0.490 e. The summed E-state index contributed by atoms with van der Waals surface area (Å²) in [5.74, 6) is 2.00. The minimum absolute atomic E-state index is 0.0297. The van der Waals surface area contributed by atoms with Gasteiger partial charge < -0.3 is 36.3 Å². The number of methoxy groups -OCH3 is 1. The van der Waals surface area contributed by atoms with E-state index in [-0.39, 0.29) is 35.3 Å². The van der Waals surface area contributed by atoms with Gasteiger partial charge in [0, 0.05) is 50.5 Å². The average Bonchev–Trinajstić information content (AvgIpc) is 1.68. The Labute approximate surface area is 539 Å². The van der Waals surface area contributed by atoms with Crippen LogP contribution in [0.4, 0.5) is 0 Å². The number of carbonyl (C=O) groups excluding carboxylic acids is 6. The standard InChI is InChI=1S/C24H36NO3P.C13H17ClO.C11H20O2.C8H14N2O.C8H19N.C4H10.C3H6.C2H6O/c1-6-15(3)9-8-10-18-13-19-20(14-22(18)29)24(28)25(23(19)27)17(5)11-12-21(26)16(4)7-2;1-10-7-8-12(9-13(10)14)15-11-5-3-2-4-6-11;1-11(13)9-7-5-3-2-4-6-8-10-12;1-2-3-4-5-6-7(9)8(10)11;1-3-5-8(4-2)6-7-9;1-3-4-2;2*1-3-2/h13-17H,6-12,29H2,1-5H3;7-9,11H,2-6H2,1H3;10H,2-9H2,1H3;4-6H,2-3,9H2,1H3,(H2,10,11);8H,3-7,9H2,1-2H3;3-4H2,1-2H3;3H,1H2,2H3;1-2H3/b;;;5-4+,7-6-;;;;. The molecule has 1 saturated carbocycles. The molecule has 5 atom stereocenters. The molecular weight excluding hydrogens is 1130 g/mol. The molecule has 87 heavy (non-hydrogen) atoms. The number of ketones is 2. The summed E-state index contributed by atoms with van der Waals surface area (Å²) < 4.78 is 10.2. The number of rotatable bonds is 32. The predicted molar refractivity (Wildman–Crippen MR) is 376 cm³/mol. The highest BCUT2D eigenvalue weighted by Crippen LogP contribution is 2.29. The second-order valence-corrected chi connectivity index (χ2v) is 24.2. The van der Waals surface area contributed by atoms with E-state index < -0.39 is 5.91 Å². The Bertz CT molecular complexity index is 2170. The summed E-state index contributed by atoms with van der Waals surface area (Å²) >= 11 is 6.05. The molecule has 1 aliphatic heterocycles. The van der Waals surface area contributed by atoms with E-state index in [9.17, 15) is 28.8 Å². The number of halogens is 1. The van der Waals surface area contributed by atoms with Crippen LogP contribution in [0.3, 0.4) is 0 Å². The number of benzene rings is 2. The van der Waals surface area contributed by atoms with Gasteiger partial charge in [0.2, 0.25) is 0 Å². The van der Waals surface area contributed by atoms with Crippen LogP contribution in [0.15, 0.2) is 66.9 Å². The summed E-state index contributed by atoms with van der Waals surface area (Å²) in [4.78, 5) is 70.3. The van der Waals surface area contributed by atoms with Crippen LogP contribution in [0, 0.1) is 24.7 Å². The second kappa shape index (κ2) is 60.4. The molecule has 3 amide bonds. The highest BCUT2D eigenvalue weighted by Gasteiger charge is 2.39. The maximum atomic E-state index is 13.0. The average molecular weight is 1260 g/mol. The van der Waals surface area contributed by atoms with E-state index in [0.717, 1.165) is 117 Å². The number of nitrogens with two attached hydrogens (primary N) is 3. The third-order valence-electron chi connectivity index (χ3n) is 15.0. The summed E-state index contributed by atoms with van der Waals surface area (Å²) in [7, 11) is 5.97. The molecule has 0 aromatic heterocycles. The number of aryl methyl sites for hydroxylation is 2. The van der Waals surface area contributed by atoms with E-state index in [2.05, 4.69) is 69.0 Å². The van der Waals surface area contributed by atoms with Gasteiger partial charge >= 0.3 is 0 Å². The van der Waals surface area contributed by atoms with E-state index in [0.29, 0.717) is 48.2 Å². The smallest absolute Gasteiger partial charge is 0.264 e. The third-order valence-corrected chi connectivity index (χ3v) is 16.0. The number of aldehydes is 1. The molecule has 2 aromatic carbocycles. The Morgan fingerprint density at radius 1 is 0.759 bits per heavy atom. The van der Waals surface area contributed by atoms with Crippen molar-refractivity contribution in [2.75, 3.05) is 20.8 Å². The molecule has 0 saturated heterocycles. The van der Waals surface area contributed by atoms with E-state index in [1.54, 1.807) is 33.3 Å². The molecule has 6 N–H and O–H groups in total. The van der Waals surface area contributed by atoms with Gasteiger partial charge in [0.15, 0.2) is 0 Å². The van der Waals surface area contributed by atoms with Crippen molar-refractivity contribution in [3.8, 4) is 5.75 Å². The first-order chi connectivity index (χ1) is 41.5. The Kier molecular flexibility index (Phi) is 61.8. The number of amides is 3. The van der Waals surface area contributed by atoms with Crippen molar-refractivity contribution in [1.29, 1.82) is 0 Å². The molecule has 500 valence electrons. The van der Waals surface area contributed by atoms with Gasteiger partial charge in [0.25, 0.3) is 17.7 Å². The van der Waals surface area contributed by atoms with E-state index in [1.807, 2.05) is 71.0 Å². The SMILES string of the molecule is C=CC.CC(=O)CCCCCCCCC=O.CCC(C)CCCc1cc2c(cc1P)C(=O)N(C(C)CCC(=O)C(C)CC)C2=O.CCC/C=C/C=C(\N)C(N)=O.CCCC.CCCC(CC)CCN.COC.Cc1ccc(OC2CCCCC2)cc1Cl. The van der Waals surface area contributed by atoms with Crippen molar-refractivity contribution in [2.45, 2.75) is 282 Å². The fourth-order valence-corrected chi connectivity index (χ4v) is 9.39. The molecule has 1 fully saturated rings. The predicted octanol–water partition coefficient (Wildman–Crippen LogP) is 18.3. The van der Waals surface area contributed by atoms with Crippen LogP contribution >= 0.6 is 20.8 Å². The zero-order valence-electron chi connectivity index (χ0n) is 57.8. The zero-order valence-corrected chi connectivity index (χ0v) is 59.7. The molecule has 2 aromatic rings. The summed E-state index contributed by atoms with van der Waals surface area (Å²) in [5, 5.41) is 1.79. The number of fused-ring (bicyclic) bond motifs is 1. The summed E-state index contributed by atoms with van der Waals surface area (Å²) in [6.07, 6.45) is 38.8. The van der Waals surface area contributed by atoms with Gasteiger partial charge in [-0.05, 0) is 170 Å². The van der Waals surface area contributed by atoms with Crippen molar-refractivity contribution in [1.82, 2.24) is 4.90 Å². The van der Waals surface area contributed by atoms with Crippen molar-refractivity contribution >= 4 is 61.7 Å². The zero-order chi connectivity index (χ0) is 67.0. The van der Waals surface area contributed by atoms with E-state index >= 15 is 0 Å². The maximum absolute atomic E-state index is 13.0. The number of unbranched alkanes of at least 4 members (excludes halogenated alkanes) is 8. The van der Waals surface area contributed by atoms with Crippen molar-refractivity contribution < 1.29 is 38.2 Å². The van der Waals surface area contributed by atoms with Crippen molar-refractivity contribution in [3.63, 3.8) is 0 Å². The molecule has 0 radical (unpaired) electrons. The number of hydrogen-bond donors (Lipinski definition) is 3. The summed E-state index contributed by atoms with van der Waals surface area (Å²) in [6.45, 7) is 30.9. The lowest BCUT2D eigenvalue weighted by Gasteiger charge is -2.23. The number of imide groups is 1. The molecule has 12 nitrogen and oxygen atoms in total. The highest BCUT2D eigenvalue weighted by atomic mass is 35.5. The fourth-order valence-electron chi connectivity index (χ4n) is 8.83. The van der Waals surface area contributed by atoms with Gasteiger partial charge in [-0.15, -0.1) is 15.8 Å². The molecule has 0 bridgehead atoms. The monoisotopic (exact) mass is 1250 g/mol. The molecule has 1 heterocycles. The normalized spacial score (nSPS) is 13.8. The van der Waals surface area contributed by atoms with Gasteiger partial charge in [-0.2, -0.15) is 0 Å². The highest BCUT2D eigenvalue weighted by molar-refractivity contribution is 7.27. The fraction of sp³-hybridized carbons (Fsp3) is 0.671. The van der Waals surface area contributed by atoms with Gasteiger partial charge in [0.1, 0.15) is 23.6 Å². The minimum atomic E-state index is -0.578. The van der Waals surface area contributed by atoms with Crippen LogP contribution in [0.25, 0.3) is 0 Å². The number of carbonyl (C=O) groups is 6. The second-order valence-electron chi connectivity index (χ2n) is 23.1. The lowest BCUT2D eigenvalue weighted by Crippen LogP contribution is -2.38. The first-order valence-corrected chi connectivity index (χ1v) is 34.2. The van der Waals surface area contributed by atoms with E-state index in [4.69, 9.17) is 33.5 Å². The van der Waals surface area contributed by atoms with Crippen LogP contribution in [0.1, 0.15) is 288 Å². The van der Waals surface area contributed by atoms with E-state index in [1.165, 1.54) is 101 Å². The maximum Gasteiger partial charge on any atom is 0.264 e. The largest absolute Gasteiger partial charge is 0.490 e. The molecular formula is C73H128ClN4O8P. The molecule has 1 aliphatic carbocycles. The molecule has 0 spiro atoms. The summed E-state index contributed by atoms with van der Waals surface area (Å²) in [5.41, 5.74) is 18.9. The van der Waals surface area contributed by atoms with Crippen LogP contribution in [-0.2, 0) is 30.3 Å². The quantitative estimate of drug-likeness (QED) is 0.0120.